The van der Waals surface area contributed by atoms with Crippen LogP contribution in [0.4, 0.5) is 5.69 Å². The van der Waals surface area contributed by atoms with Crippen molar-refractivity contribution in [1.29, 1.82) is 0 Å². The smallest absolute Gasteiger partial charge is 0.175 e. The Bertz CT molecular complexity index is 327. The number of aromatic nitrogens is 2. The Morgan fingerprint density at radius 3 is 2.44 bits per heavy atom. The van der Waals surface area contributed by atoms with Gasteiger partial charge in [-0.2, -0.15) is 0 Å². The predicted molar refractivity (Wildman–Crippen MR) is 68.5 cm³/mol. The summed E-state index contributed by atoms with van der Waals surface area (Å²) < 4.78 is 0. The molecule has 1 aliphatic rings. The fraction of sp³-hybridized carbons (Fsp3) is 0.600. The van der Waals surface area contributed by atoms with Crippen LogP contribution in [0.15, 0.2) is 6.07 Å². The molecule has 4 nitrogen and oxygen atoms in total. The fourth-order valence-corrected chi connectivity index (χ4v) is 1.82. The van der Waals surface area contributed by atoms with Gasteiger partial charge in [-0.1, -0.05) is 37.0 Å². The molecule has 1 aromatic heterocycles. The Morgan fingerprint density at radius 1 is 1.19 bits per heavy atom. The number of anilines is 1. The van der Waals surface area contributed by atoms with Crippen LogP contribution < -0.4 is 10.2 Å². The Morgan fingerprint density at radius 2 is 1.81 bits per heavy atom. The number of nitrogens with zero attached hydrogens (tertiary/aromatic N) is 3. The topological polar surface area (TPSA) is 41.0 Å². The summed E-state index contributed by atoms with van der Waals surface area (Å²) in [6.45, 7) is 7.75. The number of piperazine rings is 1. The monoisotopic (exact) mass is 262 g/mol. The van der Waals surface area contributed by atoms with E-state index >= 15 is 0 Å². The number of nitrogens with one attached hydrogen (secondary N) is 1. The molecule has 0 radical (unpaired) electrons. The lowest BCUT2D eigenvalue weighted by atomic mass is 10.3. The van der Waals surface area contributed by atoms with Crippen molar-refractivity contribution in [2.24, 2.45) is 0 Å². The van der Waals surface area contributed by atoms with Crippen LogP contribution in [0.2, 0.25) is 10.3 Å². The van der Waals surface area contributed by atoms with Crippen molar-refractivity contribution in [2.75, 3.05) is 31.1 Å². The van der Waals surface area contributed by atoms with Crippen LogP contribution in [0.1, 0.15) is 13.8 Å². The Balaban J connectivity index is 0.000000606. The van der Waals surface area contributed by atoms with Crippen LogP contribution >= 0.6 is 23.2 Å². The third kappa shape index (κ3) is 3.47. The lowest BCUT2D eigenvalue weighted by Crippen LogP contribution is -2.43. The molecule has 1 saturated heterocycles. The second-order valence-electron chi connectivity index (χ2n) is 3.08. The van der Waals surface area contributed by atoms with E-state index in [-0.39, 0.29) is 0 Å². The summed E-state index contributed by atoms with van der Waals surface area (Å²) in [5, 5.41) is 11.5. The maximum Gasteiger partial charge on any atom is 0.175 e. The lowest BCUT2D eigenvalue weighted by Gasteiger charge is -2.29. The quantitative estimate of drug-likeness (QED) is 0.843. The van der Waals surface area contributed by atoms with Gasteiger partial charge in [-0.3, -0.25) is 0 Å². The molecular formula is C10H16Cl2N4. The molecule has 6 heteroatoms. The molecule has 16 heavy (non-hydrogen) atoms. The van der Waals surface area contributed by atoms with Gasteiger partial charge in [-0.25, -0.2) is 0 Å². The summed E-state index contributed by atoms with van der Waals surface area (Å²) in [5.41, 5.74) is 0.869. The van der Waals surface area contributed by atoms with Gasteiger partial charge in [0.05, 0.1) is 5.69 Å². The molecule has 0 atom stereocenters. The molecule has 0 aromatic carbocycles. The highest BCUT2D eigenvalue weighted by Gasteiger charge is 2.14. The Kier molecular flexibility index (Phi) is 5.80. The molecule has 2 rings (SSSR count). The van der Waals surface area contributed by atoms with E-state index in [2.05, 4.69) is 20.4 Å². The highest BCUT2D eigenvalue weighted by Crippen LogP contribution is 2.25. The fourth-order valence-electron chi connectivity index (χ4n) is 1.47. The minimum absolute atomic E-state index is 0.378. The van der Waals surface area contributed by atoms with Crippen molar-refractivity contribution >= 4 is 28.9 Å². The number of hydrogen-bond donors (Lipinski definition) is 1. The van der Waals surface area contributed by atoms with Crippen molar-refractivity contribution in [2.45, 2.75) is 13.8 Å². The largest absolute Gasteiger partial charge is 0.366 e. The van der Waals surface area contributed by atoms with E-state index in [4.69, 9.17) is 23.2 Å². The van der Waals surface area contributed by atoms with Crippen LogP contribution in [0.5, 0.6) is 0 Å². The third-order valence-electron chi connectivity index (χ3n) is 2.16. The molecular weight excluding hydrogens is 247 g/mol. The Labute approximate surface area is 106 Å². The summed E-state index contributed by atoms with van der Waals surface area (Å²) in [4.78, 5) is 2.15. The molecule has 0 aliphatic carbocycles. The van der Waals surface area contributed by atoms with Crippen molar-refractivity contribution < 1.29 is 0 Å². The maximum atomic E-state index is 5.94. The standard InChI is InChI=1S/C8H10Cl2N4.C2H6/c9-7-5-6(8(10)13-12-7)14-3-1-11-2-4-14;1-2/h5,11H,1-4H2;1-2H3. The van der Waals surface area contributed by atoms with Crippen molar-refractivity contribution in [3.05, 3.63) is 16.4 Å². The molecule has 90 valence electrons. The minimum Gasteiger partial charge on any atom is -0.366 e. The van der Waals surface area contributed by atoms with E-state index in [1.54, 1.807) is 6.07 Å². The highest BCUT2D eigenvalue weighted by atomic mass is 35.5. The molecule has 0 saturated carbocycles. The average Bonchev–Trinajstić information content (AvgIpc) is 2.36. The first-order valence-corrected chi connectivity index (χ1v) is 6.17. The van der Waals surface area contributed by atoms with Gasteiger partial charge < -0.3 is 10.2 Å². The number of hydrogen-bond acceptors (Lipinski definition) is 4. The molecule has 0 bridgehead atoms. The van der Waals surface area contributed by atoms with Crippen LogP contribution in [-0.4, -0.2) is 36.4 Å². The van der Waals surface area contributed by atoms with Gasteiger partial charge in [0.2, 0.25) is 0 Å². The molecule has 0 spiro atoms. The molecule has 1 aliphatic heterocycles. The van der Waals surface area contributed by atoms with Crippen molar-refractivity contribution in [3.63, 3.8) is 0 Å². The predicted octanol–water partition coefficient (Wildman–Crippen LogP) is 2.22. The zero-order valence-electron chi connectivity index (χ0n) is 9.50. The van der Waals surface area contributed by atoms with Gasteiger partial charge in [0.15, 0.2) is 10.3 Å². The highest BCUT2D eigenvalue weighted by molar-refractivity contribution is 6.33. The van der Waals surface area contributed by atoms with Crippen LogP contribution in [0.3, 0.4) is 0 Å². The Hall–Kier alpha value is -0.580. The normalized spacial score (nSPS) is 15.4. The maximum absolute atomic E-state index is 5.94. The molecule has 1 aromatic rings. The van der Waals surface area contributed by atoms with Gasteiger partial charge in [0.1, 0.15) is 0 Å². The van der Waals surface area contributed by atoms with Crippen LogP contribution in [0, 0.1) is 0 Å². The first-order valence-electron chi connectivity index (χ1n) is 5.42. The van der Waals surface area contributed by atoms with E-state index in [9.17, 15) is 0 Å². The summed E-state index contributed by atoms with van der Waals surface area (Å²) in [6, 6.07) is 1.75. The summed E-state index contributed by atoms with van der Waals surface area (Å²) >= 11 is 11.7. The van der Waals surface area contributed by atoms with Crippen LogP contribution in [-0.2, 0) is 0 Å². The second-order valence-corrected chi connectivity index (χ2v) is 3.83. The van der Waals surface area contributed by atoms with E-state index in [1.165, 1.54) is 0 Å². The summed E-state index contributed by atoms with van der Waals surface area (Å²) in [6.07, 6.45) is 0. The molecule has 0 unspecified atom stereocenters. The third-order valence-corrected chi connectivity index (χ3v) is 2.61. The first-order chi connectivity index (χ1) is 7.77. The van der Waals surface area contributed by atoms with Crippen LogP contribution in [0.25, 0.3) is 0 Å². The van der Waals surface area contributed by atoms with Crippen molar-refractivity contribution in [1.82, 2.24) is 15.5 Å². The summed E-state index contributed by atoms with van der Waals surface area (Å²) in [5.74, 6) is 0. The lowest BCUT2D eigenvalue weighted by molar-refractivity contribution is 0.588. The summed E-state index contributed by atoms with van der Waals surface area (Å²) in [7, 11) is 0. The van der Waals surface area contributed by atoms with E-state index in [0.717, 1.165) is 31.9 Å². The van der Waals surface area contributed by atoms with E-state index in [1.807, 2.05) is 13.8 Å². The van der Waals surface area contributed by atoms with E-state index in [0.29, 0.717) is 10.3 Å². The number of rotatable bonds is 1. The van der Waals surface area contributed by atoms with Gasteiger partial charge in [-0.15, -0.1) is 10.2 Å². The SMILES string of the molecule is CC.Clc1cc(N2CCNCC2)c(Cl)nn1. The molecule has 1 N–H and O–H groups in total. The van der Waals surface area contributed by atoms with Crippen molar-refractivity contribution in [3.8, 4) is 0 Å². The minimum atomic E-state index is 0.378. The zero-order chi connectivity index (χ0) is 12.0. The molecule has 1 fully saturated rings. The van der Waals surface area contributed by atoms with Gasteiger partial charge in [0.25, 0.3) is 0 Å². The molecule has 2 heterocycles. The average molecular weight is 263 g/mol. The number of halogens is 2. The van der Waals surface area contributed by atoms with Gasteiger partial charge in [0, 0.05) is 32.2 Å². The van der Waals surface area contributed by atoms with E-state index < -0.39 is 0 Å². The second kappa shape index (κ2) is 6.89. The molecule has 0 amide bonds. The van der Waals surface area contributed by atoms with Gasteiger partial charge in [-0.05, 0) is 0 Å². The van der Waals surface area contributed by atoms with Gasteiger partial charge >= 0.3 is 0 Å². The first kappa shape index (κ1) is 13.5. The zero-order valence-corrected chi connectivity index (χ0v) is 11.0.